The van der Waals surface area contributed by atoms with Gasteiger partial charge in [0.05, 0.1) is 17.2 Å². The quantitative estimate of drug-likeness (QED) is 0.677. The van der Waals surface area contributed by atoms with Crippen molar-refractivity contribution in [2.45, 2.75) is 13.5 Å². The van der Waals surface area contributed by atoms with Gasteiger partial charge in [-0.2, -0.15) is 0 Å². The lowest BCUT2D eigenvalue weighted by Gasteiger charge is -2.20. The second kappa shape index (κ2) is 5.93. The topological polar surface area (TPSA) is 78.9 Å². The number of aryl methyl sites for hydroxylation is 1. The number of aromatic nitrogens is 2. The van der Waals surface area contributed by atoms with Crippen molar-refractivity contribution in [3.63, 3.8) is 0 Å². The van der Waals surface area contributed by atoms with E-state index in [0.29, 0.717) is 12.4 Å². The van der Waals surface area contributed by atoms with E-state index in [0.717, 1.165) is 33.2 Å². The number of nitrogens with one attached hydrogen (secondary N) is 3. The fourth-order valence-electron chi connectivity index (χ4n) is 2.59. The van der Waals surface area contributed by atoms with Gasteiger partial charge in [0.2, 0.25) is 0 Å². The van der Waals surface area contributed by atoms with Crippen molar-refractivity contribution in [1.82, 2.24) is 15.3 Å². The van der Waals surface area contributed by atoms with Gasteiger partial charge in [-0.05, 0) is 25.1 Å². The molecule has 7 heteroatoms. The minimum absolute atomic E-state index is 0.227. The molecule has 1 aromatic carbocycles. The number of nitrogens with zero attached hydrogens (tertiary/aromatic N) is 2. The lowest BCUT2D eigenvalue weighted by molar-refractivity contribution is 0.250. The average Bonchev–Trinajstić information content (AvgIpc) is 3.02. The molecule has 0 radical (unpaired) electrons. The lowest BCUT2D eigenvalue weighted by atomic mass is 10.1. The van der Waals surface area contributed by atoms with Crippen LogP contribution in [-0.2, 0) is 6.54 Å². The van der Waals surface area contributed by atoms with Crippen LogP contribution in [0.2, 0.25) is 0 Å². The van der Waals surface area contributed by atoms with Crippen molar-refractivity contribution in [3.05, 3.63) is 52.5 Å². The number of hydrogen-bond acceptors (Lipinski definition) is 5. The first kappa shape index (κ1) is 14.6. The number of anilines is 3. The summed E-state index contributed by atoms with van der Waals surface area (Å²) in [4.78, 5) is 20.1. The summed E-state index contributed by atoms with van der Waals surface area (Å²) < 4.78 is 0. The van der Waals surface area contributed by atoms with Crippen LogP contribution < -0.4 is 16.0 Å². The van der Waals surface area contributed by atoms with E-state index in [4.69, 9.17) is 0 Å². The zero-order valence-electron chi connectivity index (χ0n) is 13.0. The maximum atomic E-state index is 11.4. The largest absolute Gasteiger partial charge is 0.355 e. The highest BCUT2D eigenvalue weighted by Gasteiger charge is 2.18. The number of rotatable bonds is 3. The van der Waals surface area contributed by atoms with Crippen LogP contribution in [0.3, 0.4) is 0 Å². The first-order chi connectivity index (χ1) is 11.7. The Bertz CT molecular complexity index is 904. The Morgan fingerprint density at radius 2 is 2.04 bits per heavy atom. The van der Waals surface area contributed by atoms with Crippen LogP contribution in [0.15, 0.2) is 41.9 Å². The fourth-order valence-corrected chi connectivity index (χ4v) is 3.21. The summed E-state index contributed by atoms with van der Waals surface area (Å²) in [6.07, 6.45) is 1.68. The highest BCUT2D eigenvalue weighted by atomic mass is 32.1. The van der Waals surface area contributed by atoms with E-state index in [1.54, 1.807) is 17.5 Å². The first-order valence-electron chi connectivity index (χ1n) is 7.51. The number of thiazole rings is 1. The van der Waals surface area contributed by atoms with Gasteiger partial charge in [0.1, 0.15) is 5.82 Å². The van der Waals surface area contributed by atoms with Crippen LogP contribution in [0.5, 0.6) is 0 Å². The Morgan fingerprint density at radius 3 is 2.79 bits per heavy atom. The van der Waals surface area contributed by atoms with Gasteiger partial charge < -0.3 is 10.6 Å². The lowest BCUT2D eigenvalue weighted by Crippen LogP contribution is -2.34. The number of carbonyl (C=O) groups is 1. The molecule has 3 aromatic rings. The molecule has 0 spiro atoms. The van der Waals surface area contributed by atoms with Crippen LogP contribution in [0.25, 0.3) is 11.3 Å². The van der Waals surface area contributed by atoms with Crippen molar-refractivity contribution in [3.8, 4) is 11.3 Å². The minimum atomic E-state index is -0.227. The molecule has 120 valence electrons. The summed E-state index contributed by atoms with van der Waals surface area (Å²) in [6, 6.07) is 9.80. The molecule has 4 rings (SSSR count). The van der Waals surface area contributed by atoms with Crippen LogP contribution >= 0.6 is 11.3 Å². The van der Waals surface area contributed by atoms with Crippen molar-refractivity contribution in [2.24, 2.45) is 0 Å². The third-order valence-electron chi connectivity index (χ3n) is 3.79. The molecule has 0 saturated heterocycles. The standard InChI is InChI=1S/C17H15N5OS/c1-10-20-15(9-24-10)11-2-4-12(5-3-11)21-14-6-7-18-16-13(14)8-19-17(23)22-16/h2-7,9H,8H2,1H3,(H3,18,19,21,22,23). The molecule has 2 aromatic heterocycles. The van der Waals surface area contributed by atoms with E-state index in [1.165, 1.54) is 0 Å². The monoisotopic (exact) mass is 337 g/mol. The predicted octanol–water partition coefficient (Wildman–Crippen LogP) is 3.89. The molecule has 1 aliphatic rings. The summed E-state index contributed by atoms with van der Waals surface area (Å²) in [5.74, 6) is 0.596. The van der Waals surface area contributed by atoms with E-state index < -0.39 is 0 Å². The molecule has 0 saturated carbocycles. The van der Waals surface area contributed by atoms with Gasteiger partial charge in [-0.3, -0.25) is 5.32 Å². The Morgan fingerprint density at radius 1 is 1.21 bits per heavy atom. The average molecular weight is 337 g/mol. The van der Waals surface area contributed by atoms with Gasteiger partial charge in [0.25, 0.3) is 0 Å². The van der Waals surface area contributed by atoms with Gasteiger partial charge >= 0.3 is 6.03 Å². The molecule has 1 aliphatic heterocycles. The van der Waals surface area contributed by atoms with Gasteiger partial charge in [0, 0.05) is 34.1 Å². The fraction of sp³-hybridized carbons (Fsp3) is 0.118. The Hall–Kier alpha value is -2.93. The maximum Gasteiger partial charge on any atom is 0.320 e. The molecule has 24 heavy (non-hydrogen) atoms. The van der Waals surface area contributed by atoms with Gasteiger partial charge in [-0.15, -0.1) is 11.3 Å². The van der Waals surface area contributed by atoms with Gasteiger partial charge in [-0.25, -0.2) is 14.8 Å². The molecule has 3 heterocycles. The molecule has 6 nitrogen and oxygen atoms in total. The van der Waals surface area contributed by atoms with E-state index in [1.807, 2.05) is 37.3 Å². The SMILES string of the molecule is Cc1nc(-c2ccc(Nc3ccnc4c3CNC(=O)N4)cc2)cs1. The van der Waals surface area contributed by atoms with Crippen molar-refractivity contribution < 1.29 is 4.79 Å². The summed E-state index contributed by atoms with van der Waals surface area (Å²) in [5.41, 5.74) is 4.92. The van der Waals surface area contributed by atoms with E-state index in [9.17, 15) is 4.79 Å². The molecule has 2 amide bonds. The first-order valence-corrected chi connectivity index (χ1v) is 8.39. The maximum absolute atomic E-state index is 11.4. The van der Waals surface area contributed by atoms with E-state index in [2.05, 4.69) is 31.3 Å². The second-order valence-corrected chi connectivity index (χ2v) is 6.51. The highest BCUT2D eigenvalue weighted by Crippen LogP contribution is 2.29. The Labute approximate surface area is 143 Å². The summed E-state index contributed by atoms with van der Waals surface area (Å²) >= 11 is 1.65. The van der Waals surface area contributed by atoms with E-state index >= 15 is 0 Å². The third kappa shape index (κ3) is 2.81. The molecular formula is C17H15N5OS. The normalized spacial score (nSPS) is 13.0. The summed E-state index contributed by atoms with van der Waals surface area (Å²) in [7, 11) is 0. The molecule has 0 fully saturated rings. The number of benzene rings is 1. The van der Waals surface area contributed by atoms with Crippen LogP contribution in [0.4, 0.5) is 22.0 Å². The Balaban J connectivity index is 1.58. The van der Waals surface area contributed by atoms with Crippen LogP contribution in [0, 0.1) is 6.92 Å². The number of pyridine rings is 1. The predicted molar refractivity (Wildman–Crippen MR) is 95.7 cm³/mol. The number of carbonyl (C=O) groups excluding carboxylic acids is 1. The van der Waals surface area contributed by atoms with Crippen LogP contribution in [0.1, 0.15) is 10.6 Å². The minimum Gasteiger partial charge on any atom is -0.355 e. The number of urea groups is 1. The second-order valence-electron chi connectivity index (χ2n) is 5.45. The van der Waals surface area contributed by atoms with Gasteiger partial charge in [0.15, 0.2) is 0 Å². The third-order valence-corrected chi connectivity index (χ3v) is 4.57. The van der Waals surface area contributed by atoms with Crippen molar-refractivity contribution in [1.29, 1.82) is 0 Å². The molecule has 0 aliphatic carbocycles. The molecule has 0 unspecified atom stereocenters. The zero-order valence-corrected chi connectivity index (χ0v) is 13.8. The molecule has 3 N–H and O–H groups in total. The van der Waals surface area contributed by atoms with Gasteiger partial charge in [-0.1, -0.05) is 12.1 Å². The van der Waals surface area contributed by atoms with Crippen molar-refractivity contribution in [2.75, 3.05) is 10.6 Å². The molecular weight excluding hydrogens is 322 g/mol. The summed E-state index contributed by atoms with van der Waals surface area (Å²) in [5, 5.41) is 12.0. The smallest absolute Gasteiger partial charge is 0.320 e. The highest BCUT2D eigenvalue weighted by molar-refractivity contribution is 7.09. The Kier molecular flexibility index (Phi) is 3.62. The van der Waals surface area contributed by atoms with Crippen molar-refractivity contribution >= 4 is 34.6 Å². The summed E-state index contributed by atoms with van der Waals surface area (Å²) in [6.45, 7) is 2.46. The van der Waals surface area contributed by atoms with E-state index in [-0.39, 0.29) is 6.03 Å². The zero-order chi connectivity index (χ0) is 16.5. The molecule has 0 atom stereocenters. The van der Waals surface area contributed by atoms with Crippen LogP contribution in [-0.4, -0.2) is 16.0 Å². The molecule has 0 bridgehead atoms. The number of amides is 2. The number of fused-ring (bicyclic) bond motifs is 1. The number of hydrogen-bond donors (Lipinski definition) is 3.